The van der Waals surface area contributed by atoms with Crippen LogP contribution in [0, 0.1) is 0 Å². The first kappa shape index (κ1) is 20.1. The van der Waals surface area contributed by atoms with Crippen molar-refractivity contribution in [1.29, 1.82) is 0 Å². The Labute approximate surface area is 163 Å². The maximum Gasteiger partial charge on any atom is 0.230 e. The number of rotatable bonds is 6. The van der Waals surface area contributed by atoms with Crippen LogP contribution in [0.15, 0.2) is 53.0 Å². The molecule has 0 fully saturated rings. The largest absolute Gasteiger partial charge is 0.349 e. The van der Waals surface area contributed by atoms with Crippen LogP contribution in [-0.4, -0.2) is 11.7 Å². The molecule has 0 heterocycles. The normalized spacial score (nSPS) is 12.7. The van der Waals surface area contributed by atoms with Crippen LogP contribution in [0.4, 0.5) is 0 Å². The minimum absolute atomic E-state index is 0.0230. The van der Waals surface area contributed by atoms with Crippen LogP contribution in [0.25, 0.3) is 0 Å². The lowest BCUT2D eigenvalue weighted by molar-refractivity contribution is -0.119. The molecule has 0 bridgehead atoms. The van der Waals surface area contributed by atoms with E-state index in [9.17, 15) is 4.79 Å². The number of carbonyl (C=O) groups excluding carboxylic acids is 1. The molecule has 4 heteroatoms. The van der Waals surface area contributed by atoms with E-state index in [1.165, 1.54) is 11.1 Å². The SMILES string of the molecule is C[C@H](NC(=O)CSCc1ccc(Br)cc1)c1ccc(C(C)(C)C)cc1. The third-order valence-electron chi connectivity index (χ3n) is 4.07. The molecule has 0 spiro atoms. The van der Waals surface area contributed by atoms with Gasteiger partial charge in [0.25, 0.3) is 0 Å². The summed E-state index contributed by atoms with van der Waals surface area (Å²) in [6.07, 6.45) is 0. The van der Waals surface area contributed by atoms with E-state index in [2.05, 4.69) is 78.4 Å². The van der Waals surface area contributed by atoms with Gasteiger partial charge in [-0.2, -0.15) is 0 Å². The first-order valence-corrected chi connectivity index (χ1v) is 10.4. The molecule has 1 N–H and O–H groups in total. The quantitative estimate of drug-likeness (QED) is 0.635. The number of hydrogen-bond acceptors (Lipinski definition) is 2. The summed E-state index contributed by atoms with van der Waals surface area (Å²) in [7, 11) is 0. The van der Waals surface area contributed by atoms with Gasteiger partial charge in [-0.15, -0.1) is 11.8 Å². The van der Waals surface area contributed by atoms with Crippen LogP contribution in [0.5, 0.6) is 0 Å². The number of carbonyl (C=O) groups is 1. The van der Waals surface area contributed by atoms with Crippen molar-refractivity contribution in [2.75, 3.05) is 5.75 Å². The van der Waals surface area contributed by atoms with E-state index in [1.807, 2.05) is 19.1 Å². The van der Waals surface area contributed by atoms with Crippen LogP contribution < -0.4 is 5.32 Å². The van der Waals surface area contributed by atoms with Crippen molar-refractivity contribution in [3.63, 3.8) is 0 Å². The molecule has 0 aliphatic heterocycles. The predicted molar refractivity (Wildman–Crippen MR) is 112 cm³/mol. The fraction of sp³-hybridized carbons (Fsp3) is 0.381. The van der Waals surface area contributed by atoms with E-state index < -0.39 is 0 Å². The molecule has 25 heavy (non-hydrogen) atoms. The summed E-state index contributed by atoms with van der Waals surface area (Å²) >= 11 is 5.07. The minimum atomic E-state index is 0.0230. The van der Waals surface area contributed by atoms with Gasteiger partial charge in [0.1, 0.15) is 0 Å². The van der Waals surface area contributed by atoms with Crippen LogP contribution in [0.2, 0.25) is 0 Å². The highest BCUT2D eigenvalue weighted by molar-refractivity contribution is 9.10. The summed E-state index contributed by atoms with van der Waals surface area (Å²) in [5, 5.41) is 3.08. The fourth-order valence-corrected chi connectivity index (χ4v) is 3.54. The van der Waals surface area contributed by atoms with E-state index in [1.54, 1.807) is 11.8 Å². The van der Waals surface area contributed by atoms with Gasteiger partial charge in [0.2, 0.25) is 5.91 Å². The van der Waals surface area contributed by atoms with Gasteiger partial charge in [-0.1, -0.05) is 73.1 Å². The Balaban J connectivity index is 1.80. The molecule has 2 nitrogen and oxygen atoms in total. The second kappa shape index (κ2) is 8.91. The van der Waals surface area contributed by atoms with Crippen molar-refractivity contribution in [2.45, 2.75) is 44.9 Å². The number of nitrogens with one attached hydrogen (secondary N) is 1. The van der Waals surface area contributed by atoms with Crippen molar-refractivity contribution >= 4 is 33.6 Å². The van der Waals surface area contributed by atoms with Gasteiger partial charge in [0.15, 0.2) is 0 Å². The third kappa shape index (κ3) is 6.52. The van der Waals surface area contributed by atoms with Crippen LogP contribution in [-0.2, 0) is 16.0 Å². The van der Waals surface area contributed by atoms with E-state index in [4.69, 9.17) is 0 Å². The van der Waals surface area contributed by atoms with Crippen LogP contribution in [0.1, 0.15) is 50.4 Å². The Morgan fingerprint density at radius 1 is 1.08 bits per heavy atom. The topological polar surface area (TPSA) is 29.1 Å². The summed E-state index contributed by atoms with van der Waals surface area (Å²) in [6.45, 7) is 8.64. The Kier molecular flexibility index (Phi) is 7.14. The summed E-state index contributed by atoms with van der Waals surface area (Å²) in [5.74, 6) is 1.39. The first-order valence-electron chi connectivity index (χ1n) is 8.47. The second-order valence-corrected chi connectivity index (χ2v) is 9.18. The van der Waals surface area contributed by atoms with Crippen molar-refractivity contribution < 1.29 is 4.79 Å². The molecular formula is C21H26BrNOS. The van der Waals surface area contributed by atoms with Gasteiger partial charge < -0.3 is 5.32 Å². The third-order valence-corrected chi connectivity index (χ3v) is 5.60. The molecule has 0 saturated heterocycles. The smallest absolute Gasteiger partial charge is 0.230 e. The molecular weight excluding hydrogens is 394 g/mol. The lowest BCUT2D eigenvalue weighted by Gasteiger charge is -2.20. The number of thioether (sulfide) groups is 1. The van der Waals surface area contributed by atoms with Crippen LogP contribution >= 0.6 is 27.7 Å². The number of benzene rings is 2. The highest BCUT2D eigenvalue weighted by Crippen LogP contribution is 2.24. The van der Waals surface area contributed by atoms with E-state index in [0.29, 0.717) is 5.75 Å². The first-order chi connectivity index (χ1) is 11.8. The predicted octanol–water partition coefficient (Wildman–Crippen LogP) is 5.86. The maximum atomic E-state index is 12.2. The summed E-state index contributed by atoms with van der Waals surface area (Å²) < 4.78 is 1.07. The van der Waals surface area contributed by atoms with Gasteiger partial charge in [-0.25, -0.2) is 0 Å². The van der Waals surface area contributed by atoms with Gasteiger partial charge >= 0.3 is 0 Å². The molecule has 1 atom stereocenters. The van der Waals surface area contributed by atoms with Crippen molar-refractivity contribution in [1.82, 2.24) is 5.32 Å². The molecule has 2 rings (SSSR count). The van der Waals surface area contributed by atoms with Crippen molar-refractivity contribution in [3.05, 3.63) is 69.7 Å². The monoisotopic (exact) mass is 419 g/mol. The fourth-order valence-electron chi connectivity index (χ4n) is 2.48. The van der Waals surface area contributed by atoms with Gasteiger partial charge in [0, 0.05) is 10.2 Å². The van der Waals surface area contributed by atoms with Crippen LogP contribution in [0.3, 0.4) is 0 Å². The molecule has 2 aromatic rings. The summed E-state index contributed by atoms with van der Waals surface area (Å²) in [6, 6.07) is 16.8. The van der Waals surface area contributed by atoms with E-state index in [0.717, 1.165) is 15.8 Å². The Morgan fingerprint density at radius 3 is 2.24 bits per heavy atom. The molecule has 0 saturated carbocycles. The lowest BCUT2D eigenvalue weighted by atomic mass is 9.86. The number of halogens is 1. The van der Waals surface area contributed by atoms with Gasteiger partial charge in [-0.3, -0.25) is 4.79 Å². The standard InChI is InChI=1S/C21H26BrNOS/c1-15(17-7-9-18(10-8-17)21(2,3)4)23-20(24)14-25-13-16-5-11-19(22)12-6-16/h5-12,15H,13-14H2,1-4H3,(H,23,24)/t15-/m0/s1. The molecule has 0 aromatic heterocycles. The van der Waals surface area contributed by atoms with Crippen molar-refractivity contribution in [2.24, 2.45) is 0 Å². The summed E-state index contributed by atoms with van der Waals surface area (Å²) in [4.78, 5) is 12.2. The molecule has 2 aromatic carbocycles. The van der Waals surface area contributed by atoms with E-state index in [-0.39, 0.29) is 17.4 Å². The maximum absolute atomic E-state index is 12.2. The lowest BCUT2D eigenvalue weighted by Crippen LogP contribution is -2.28. The minimum Gasteiger partial charge on any atom is -0.349 e. The zero-order valence-electron chi connectivity index (χ0n) is 15.3. The number of amides is 1. The highest BCUT2D eigenvalue weighted by Gasteiger charge is 2.15. The highest BCUT2D eigenvalue weighted by atomic mass is 79.9. The Hall–Kier alpha value is -1.26. The molecule has 0 unspecified atom stereocenters. The molecule has 0 aliphatic rings. The Morgan fingerprint density at radius 2 is 1.68 bits per heavy atom. The second-order valence-electron chi connectivity index (χ2n) is 7.28. The summed E-state index contributed by atoms with van der Waals surface area (Å²) in [5.41, 5.74) is 3.82. The molecule has 134 valence electrons. The average molecular weight is 420 g/mol. The van der Waals surface area contributed by atoms with E-state index >= 15 is 0 Å². The molecule has 1 amide bonds. The van der Waals surface area contributed by atoms with Crippen molar-refractivity contribution in [3.8, 4) is 0 Å². The molecule has 0 aliphatic carbocycles. The zero-order chi connectivity index (χ0) is 18.4. The zero-order valence-corrected chi connectivity index (χ0v) is 17.7. The van der Waals surface area contributed by atoms with Gasteiger partial charge in [-0.05, 0) is 41.2 Å². The Bertz CT molecular complexity index is 689. The average Bonchev–Trinajstić information content (AvgIpc) is 2.56. The van der Waals surface area contributed by atoms with Gasteiger partial charge in [0.05, 0.1) is 11.8 Å². The number of hydrogen-bond donors (Lipinski definition) is 1. The molecule has 0 radical (unpaired) electrons.